The average molecular weight is 389 g/mol. The van der Waals surface area contributed by atoms with Crippen molar-refractivity contribution >= 4 is 11.6 Å². The molecule has 0 atom stereocenters. The van der Waals surface area contributed by atoms with Gasteiger partial charge in [-0.25, -0.2) is 4.99 Å². The normalized spacial score (nSPS) is 15.9. The predicted molar refractivity (Wildman–Crippen MR) is 120 cm³/mol. The minimum absolute atomic E-state index is 0.324. The first-order valence-corrected chi connectivity index (χ1v) is 11.1. The van der Waals surface area contributed by atoms with Crippen LogP contribution in [0.3, 0.4) is 0 Å². The number of unbranched alkanes of at least 4 members (excludes halogenated alkanes) is 1. The Balaban J connectivity index is 1.80. The molecule has 0 unspecified atom stereocenters. The van der Waals surface area contributed by atoms with Crippen molar-refractivity contribution in [2.75, 3.05) is 37.7 Å². The predicted octanol–water partition coefficient (Wildman–Crippen LogP) is 3.78. The molecule has 158 valence electrons. The first kappa shape index (κ1) is 22.5. The summed E-state index contributed by atoms with van der Waals surface area (Å²) in [5.74, 6) is 2.17. The van der Waals surface area contributed by atoms with E-state index in [1.807, 2.05) is 0 Å². The smallest absolute Gasteiger partial charge is 0.191 e. The van der Waals surface area contributed by atoms with Gasteiger partial charge in [0.15, 0.2) is 5.96 Å². The molecule has 5 nitrogen and oxygen atoms in total. The molecule has 0 aliphatic carbocycles. The van der Waals surface area contributed by atoms with Crippen LogP contribution in [0.2, 0.25) is 0 Å². The topological polar surface area (TPSA) is 59.9 Å². The summed E-state index contributed by atoms with van der Waals surface area (Å²) in [6.45, 7) is 11.6. The van der Waals surface area contributed by atoms with Gasteiger partial charge in [-0.05, 0) is 55.7 Å². The van der Waals surface area contributed by atoms with Gasteiger partial charge in [-0.2, -0.15) is 0 Å². The Morgan fingerprint density at radius 2 is 1.86 bits per heavy atom. The number of hydrogen-bond acceptors (Lipinski definition) is 3. The van der Waals surface area contributed by atoms with Gasteiger partial charge in [0.05, 0.1) is 6.54 Å². The maximum Gasteiger partial charge on any atom is 0.191 e. The van der Waals surface area contributed by atoms with Crippen LogP contribution in [-0.2, 0) is 6.54 Å². The fourth-order valence-corrected chi connectivity index (χ4v) is 3.58. The second-order valence-corrected chi connectivity index (χ2v) is 8.29. The van der Waals surface area contributed by atoms with E-state index in [9.17, 15) is 5.11 Å². The van der Waals surface area contributed by atoms with Crippen molar-refractivity contribution in [3.63, 3.8) is 0 Å². The number of benzene rings is 1. The Bertz CT molecular complexity index is 562. The molecule has 1 fully saturated rings. The molecule has 2 rings (SSSR count). The molecule has 1 saturated heterocycles. The summed E-state index contributed by atoms with van der Waals surface area (Å²) in [4.78, 5) is 7.15. The molecule has 0 amide bonds. The standard InChI is InChI=1S/C23H40N4O/c1-4-24-23(25-14-6-5-7-19(2)3)26-17-20-8-10-22(11-9-20)27-15-12-21(18-28)13-16-27/h8-11,19,21,28H,4-7,12-18H2,1-3H3,(H2,24,25,26). The SMILES string of the molecule is CCNC(=NCc1ccc(N2CCC(CO)CC2)cc1)NCCCCC(C)C. The van der Waals surface area contributed by atoms with E-state index in [1.165, 1.54) is 30.5 Å². The lowest BCUT2D eigenvalue weighted by molar-refractivity contribution is 0.203. The first-order chi connectivity index (χ1) is 13.6. The van der Waals surface area contributed by atoms with Crippen molar-refractivity contribution in [2.24, 2.45) is 16.8 Å². The van der Waals surface area contributed by atoms with Crippen LogP contribution in [0.25, 0.3) is 0 Å². The van der Waals surface area contributed by atoms with Crippen molar-refractivity contribution in [1.29, 1.82) is 0 Å². The molecular weight excluding hydrogens is 348 g/mol. The van der Waals surface area contributed by atoms with Gasteiger partial charge in [0.25, 0.3) is 0 Å². The highest BCUT2D eigenvalue weighted by Crippen LogP contribution is 2.23. The van der Waals surface area contributed by atoms with E-state index in [0.717, 1.165) is 50.9 Å². The molecular formula is C23H40N4O. The lowest BCUT2D eigenvalue weighted by Crippen LogP contribution is -2.37. The zero-order valence-corrected chi connectivity index (χ0v) is 18.1. The molecule has 1 aromatic rings. The average Bonchev–Trinajstić information content (AvgIpc) is 2.72. The van der Waals surface area contributed by atoms with Crippen molar-refractivity contribution < 1.29 is 5.11 Å². The summed E-state index contributed by atoms with van der Waals surface area (Å²) in [5.41, 5.74) is 2.50. The van der Waals surface area contributed by atoms with Gasteiger partial charge >= 0.3 is 0 Å². The molecule has 0 saturated carbocycles. The Morgan fingerprint density at radius 1 is 1.14 bits per heavy atom. The van der Waals surface area contributed by atoms with Gasteiger partial charge in [0.1, 0.15) is 0 Å². The third kappa shape index (κ3) is 8.09. The monoisotopic (exact) mass is 388 g/mol. The van der Waals surface area contributed by atoms with E-state index in [1.54, 1.807) is 0 Å². The summed E-state index contributed by atoms with van der Waals surface area (Å²) < 4.78 is 0. The molecule has 0 bridgehead atoms. The second kappa shape index (κ2) is 12.7. The van der Waals surface area contributed by atoms with E-state index in [4.69, 9.17) is 4.99 Å². The van der Waals surface area contributed by atoms with Gasteiger partial charge in [0.2, 0.25) is 0 Å². The third-order valence-electron chi connectivity index (χ3n) is 5.44. The van der Waals surface area contributed by atoms with E-state index < -0.39 is 0 Å². The molecule has 1 aromatic carbocycles. The summed E-state index contributed by atoms with van der Waals surface area (Å²) in [7, 11) is 0. The molecule has 0 radical (unpaired) electrons. The van der Waals surface area contributed by atoms with Crippen molar-refractivity contribution in [3.05, 3.63) is 29.8 Å². The molecule has 1 aliphatic heterocycles. The number of aliphatic imine (C=N–C) groups is 1. The van der Waals surface area contributed by atoms with Gasteiger partial charge in [-0.1, -0.05) is 38.8 Å². The van der Waals surface area contributed by atoms with Gasteiger partial charge in [0, 0.05) is 38.5 Å². The summed E-state index contributed by atoms with van der Waals surface area (Å²) >= 11 is 0. The maximum atomic E-state index is 9.29. The van der Waals surface area contributed by atoms with Crippen molar-refractivity contribution in [2.45, 2.75) is 59.4 Å². The zero-order valence-electron chi connectivity index (χ0n) is 18.1. The fraction of sp³-hybridized carbons (Fsp3) is 0.696. The van der Waals surface area contributed by atoms with E-state index in [0.29, 0.717) is 19.1 Å². The number of piperidine rings is 1. The number of aliphatic hydroxyl groups is 1. The highest BCUT2D eigenvalue weighted by Gasteiger charge is 2.18. The highest BCUT2D eigenvalue weighted by molar-refractivity contribution is 5.79. The van der Waals surface area contributed by atoms with Gasteiger partial charge < -0.3 is 20.6 Å². The Kier molecular flexibility index (Phi) is 10.2. The van der Waals surface area contributed by atoms with E-state index in [2.05, 4.69) is 60.6 Å². The van der Waals surface area contributed by atoms with Crippen molar-refractivity contribution in [3.8, 4) is 0 Å². The van der Waals surface area contributed by atoms with Crippen LogP contribution in [-0.4, -0.2) is 43.9 Å². The molecule has 1 aliphatic rings. The van der Waals surface area contributed by atoms with Crippen molar-refractivity contribution in [1.82, 2.24) is 10.6 Å². The minimum Gasteiger partial charge on any atom is -0.396 e. The van der Waals surface area contributed by atoms with Crippen LogP contribution in [0, 0.1) is 11.8 Å². The number of aliphatic hydroxyl groups excluding tert-OH is 1. The maximum absolute atomic E-state index is 9.29. The Hall–Kier alpha value is -1.75. The van der Waals surface area contributed by atoms with E-state index >= 15 is 0 Å². The van der Waals surface area contributed by atoms with Crippen LogP contribution >= 0.6 is 0 Å². The summed E-state index contributed by atoms with van der Waals surface area (Å²) in [5, 5.41) is 16.1. The zero-order chi connectivity index (χ0) is 20.2. The lowest BCUT2D eigenvalue weighted by Gasteiger charge is -2.32. The van der Waals surface area contributed by atoms with Gasteiger partial charge in [-0.15, -0.1) is 0 Å². The Labute approximate surface area is 171 Å². The van der Waals surface area contributed by atoms with Crippen LogP contribution in [0.4, 0.5) is 5.69 Å². The highest BCUT2D eigenvalue weighted by atomic mass is 16.3. The molecule has 5 heteroatoms. The fourth-order valence-electron chi connectivity index (χ4n) is 3.58. The number of hydrogen-bond donors (Lipinski definition) is 3. The van der Waals surface area contributed by atoms with Gasteiger partial charge in [-0.3, -0.25) is 0 Å². The number of anilines is 1. The van der Waals surface area contributed by atoms with Crippen LogP contribution in [0.15, 0.2) is 29.3 Å². The number of rotatable bonds is 10. The van der Waals surface area contributed by atoms with Crippen LogP contribution in [0.5, 0.6) is 0 Å². The Morgan fingerprint density at radius 3 is 2.46 bits per heavy atom. The lowest BCUT2D eigenvalue weighted by atomic mass is 9.97. The van der Waals surface area contributed by atoms with Crippen LogP contribution < -0.4 is 15.5 Å². The number of guanidine groups is 1. The molecule has 28 heavy (non-hydrogen) atoms. The quantitative estimate of drug-likeness (QED) is 0.324. The molecule has 3 N–H and O–H groups in total. The number of nitrogens with zero attached hydrogens (tertiary/aromatic N) is 2. The number of nitrogens with one attached hydrogen (secondary N) is 2. The first-order valence-electron chi connectivity index (χ1n) is 11.1. The third-order valence-corrected chi connectivity index (χ3v) is 5.44. The molecule has 1 heterocycles. The molecule has 0 spiro atoms. The molecule has 0 aromatic heterocycles. The second-order valence-electron chi connectivity index (χ2n) is 8.29. The van der Waals surface area contributed by atoms with E-state index in [-0.39, 0.29) is 0 Å². The van der Waals surface area contributed by atoms with Crippen LogP contribution in [0.1, 0.15) is 58.4 Å². The minimum atomic E-state index is 0.324. The largest absolute Gasteiger partial charge is 0.396 e. The summed E-state index contributed by atoms with van der Waals surface area (Å²) in [6.07, 6.45) is 5.90. The summed E-state index contributed by atoms with van der Waals surface area (Å²) in [6, 6.07) is 8.78.